The van der Waals surface area contributed by atoms with Crippen LogP contribution < -0.4 is 11.1 Å². The predicted octanol–water partition coefficient (Wildman–Crippen LogP) is 0.413. The van der Waals surface area contributed by atoms with Crippen molar-refractivity contribution in [2.45, 2.75) is 39.7 Å². The Balaban J connectivity index is 4.10. The second kappa shape index (κ2) is 5.56. The molecule has 3 N–H and O–H groups in total. The van der Waals surface area contributed by atoms with Gasteiger partial charge in [-0.15, -0.1) is 0 Å². The third kappa shape index (κ3) is 5.22. The first-order valence-corrected chi connectivity index (χ1v) is 4.56. The fourth-order valence-corrected chi connectivity index (χ4v) is 1.01. The van der Waals surface area contributed by atoms with Crippen molar-refractivity contribution in [2.75, 3.05) is 0 Å². The zero-order valence-electron chi connectivity index (χ0n) is 8.46. The van der Waals surface area contributed by atoms with Gasteiger partial charge in [0.2, 0.25) is 11.8 Å². The summed E-state index contributed by atoms with van der Waals surface area (Å²) in [5.74, 6) is -0.255. The average Bonchev–Trinajstić information content (AvgIpc) is 2.02. The Labute approximate surface area is 78.9 Å². The summed E-state index contributed by atoms with van der Waals surface area (Å²) in [6.07, 6.45) is 0.975. The quantitative estimate of drug-likeness (QED) is 0.652. The van der Waals surface area contributed by atoms with Gasteiger partial charge in [0.15, 0.2) is 0 Å². The van der Waals surface area contributed by atoms with Gasteiger partial charge in [0.05, 0.1) is 0 Å². The van der Waals surface area contributed by atoms with Crippen molar-refractivity contribution in [1.82, 2.24) is 5.32 Å². The molecule has 0 radical (unpaired) electrons. The number of carbonyl (C=O) groups is 2. The molecule has 4 heteroatoms. The Kier molecular flexibility index (Phi) is 5.11. The Hall–Kier alpha value is -1.06. The highest BCUT2D eigenvalue weighted by molar-refractivity contribution is 5.86. The van der Waals surface area contributed by atoms with E-state index in [4.69, 9.17) is 5.73 Å². The first-order valence-electron chi connectivity index (χ1n) is 4.56. The van der Waals surface area contributed by atoms with Crippen LogP contribution in [0, 0.1) is 5.92 Å². The summed E-state index contributed by atoms with van der Waals surface area (Å²) >= 11 is 0. The third-order valence-electron chi connectivity index (χ3n) is 1.71. The first-order chi connectivity index (χ1) is 5.97. The molecule has 0 heterocycles. The molecule has 0 bridgehead atoms. The van der Waals surface area contributed by atoms with Gasteiger partial charge in [-0.1, -0.05) is 20.8 Å². The minimum absolute atomic E-state index is 0.135. The molecule has 0 saturated heterocycles. The van der Waals surface area contributed by atoms with Crippen molar-refractivity contribution in [2.24, 2.45) is 11.7 Å². The van der Waals surface area contributed by atoms with E-state index in [1.165, 1.54) is 0 Å². The minimum atomic E-state index is -0.521. The lowest BCUT2D eigenvalue weighted by molar-refractivity contribution is -0.127. The molecule has 0 aliphatic rings. The van der Waals surface area contributed by atoms with Crippen molar-refractivity contribution >= 4 is 11.8 Å². The lowest BCUT2D eigenvalue weighted by Crippen LogP contribution is -2.44. The molecule has 0 aromatic carbocycles. The van der Waals surface area contributed by atoms with Gasteiger partial charge in [-0.05, 0) is 12.3 Å². The Bertz CT molecular complexity index is 190. The summed E-state index contributed by atoms with van der Waals surface area (Å²) in [5.41, 5.74) is 5.13. The van der Waals surface area contributed by atoms with Gasteiger partial charge in [-0.25, -0.2) is 0 Å². The van der Waals surface area contributed by atoms with Crippen LogP contribution in [0.15, 0.2) is 0 Å². The second-order valence-corrected chi connectivity index (χ2v) is 3.51. The van der Waals surface area contributed by atoms with Crippen molar-refractivity contribution in [1.29, 1.82) is 0 Å². The van der Waals surface area contributed by atoms with Crippen LogP contribution in [-0.2, 0) is 9.59 Å². The minimum Gasteiger partial charge on any atom is -0.368 e. The predicted molar refractivity (Wildman–Crippen MR) is 50.9 cm³/mol. The second-order valence-electron chi connectivity index (χ2n) is 3.51. The summed E-state index contributed by atoms with van der Waals surface area (Å²) in [5, 5.41) is 2.58. The van der Waals surface area contributed by atoms with E-state index in [1.807, 2.05) is 13.8 Å². The van der Waals surface area contributed by atoms with Gasteiger partial charge in [0.1, 0.15) is 6.04 Å². The highest BCUT2D eigenvalue weighted by Crippen LogP contribution is 2.04. The molecule has 2 amide bonds. The topological polar surface area (TPSA) is 72.2 Å². The first kappa shape index (κ1) is 11.9. The number of carbonyl (C=O) groups excluding carboxylic acids is 2. The van der Waals surface area contributed by atoms with Crippen LogP contribution in [0.3, 0.4) is 0 Å². The van der Waals surface area contributed by atoms with E-state index in [1.54, 1.807) is 6.92 Å². The molecule has 4 nitrogen and oxygen atoms in total. The molecule has 0 aliphatic carbocycles. The zero-order valence-corrected chi connectivity index (χ0v) is 8.46. The number of nitrogens with one attached hydrogen (secondary N) is 1. The van der Waals surface area contributed by atoms with Crippen LogP contribution in [0.25, 0.3) is 0 Å². The molecule has 76 valence electrons. The highest BCUT2D eigenvalue weighted by Gasteiger charge is 2.17. The number of nitrogens with two attached hydrogens (primary N) is 1. The number of hydrogen-bond acceptors (Lipinski definition) is 2. The third-order valence-corrected chi connectivity index (χ3v) is 1.71. The van der Waals surface area contributed by atoms with Crippen LogP contribution in [-0.4, -0.2) is 17.9 Å². The molecular weight excluding hydrogens is 168 g/mol. The maximum absolute atomic E-state index is 11.0. The zero-order chi connectivity index (χ0) is 10.4. The van der Waals surface area contributed by atoms with Crippen molar-refractivity contribution in [3.8, 4) is 0 Å². The Morgan fingerprint density at radius 3 is 2.23 bits per heavy atom. The standard InChI is InChI=1S/C9H18N2O2/c1-4-8(12)11-7(9(10)13)5-6(2)3/h6-7H,4-5H2,1-3H3,(H2,10,13)(H,11,12). The summed E-state index contributed by atoms with van der Waals surface area (Å²) in [7, 11) is 0. The fraction of sp³-hybridized carbons (Fsp3) is 0.778. The van der Waals surface area contributed by atoms with Gasteiger partial charge in [-0.2, -0.15) is 0 Å². The molecule has 0 rings (SSSR count). The normalized spacial score (nSPS) is 12.6. The summed E-state index contributed by atoms with van der Waals surface area (Å²) < 4.78 is 0. The van der Waals surface area contributed by atoms with Gasteiger partial charge in [0, 0.05) is 6.42 Å². The van der Waals surface area contributed by atoms with Crippen LogP contribution >= 0.6 is 0 Å². The van der Waals surface area contributed by atoms with E-state index in [9.17, 15) is 9.59 Å². The molecule has 0 aliphatic heterocycles. The molecule has 0 saturated carbocycles. The molecule has 1 atom stereocenters. The Morgan fingerprint density at radius 2 is 1.92 bits per heavy atom. The number of rotatable bonds is 5. The number of primary amides is 1. The van der Waals surface area contributed by atoms with Gasteiger partial charge >= 0.3 is 0 Å². The van der Waals surface area contributed by atoms with Crippen LogP contribution in [0.2, 0.25) is 0 Å². The van der Waals surface area contributed by atoms with Crippen molar-refractivity contribution in [3.63, 3.8) is 0 Å². The van der Waals surface area contributed by atoms with Crippen LogP contribution in [0.1, 0.15) is 33.6 Å². The van der Waals surface area contributed by atoms with E-state index in [0.717, 1.165) is 0 Å². The van der Waals surface area contributed by atoms with Crippen LogP contribution in [0.4, 0.5) is 0 Å². The molecule has 0 spiro atoms. The number of hydrogen-bond donors (Lipinski definition) is 2. The van der Waals surface area contributed by atoms with Gasteiger partial charge < -0.3 is 11.1 Å². The van der Waals surface area contributed by atoms with Gasteiger partial charge in [0.25, 0.3) is 0 Å². The fourth-order valence-electron chi connectivity index (χ4n) is 1.01. The van der Waals surface area contributed by atoms with Crippen molar-refractivity contribution in [3.05, 3.63) is 0 Å². The van der Waals surface area contributed by atoms with E-state index in [-0.39, 0.29) is 5.91 Å². The lowest BCUT2D eigenvalue weighted by atomic mass is 10.0. The summed E-state index contributed by atoms with van der Waals surface area (Å²) in [4.78, 5) is 21.9. The van der Waals surface area contributed by atoms with E-state index >= 15 is 0 Å². The molecule has 0 fully saturated rings. The van der Waals surface area contributed by atoms with Gasteiger partial charge in [-0.3, -0.25) is 9.59 Å². The molecule has 13 heavy (non-hydrogen) atoms. The molecule has 1 unspecified atom stereocenters. The smallest absolute Gasteiger partial charge is 0.240 e. The monoisotopic (exact) mass is 186 g/mol. The van der Waals surface area contributed by atoms with Crippen molar-refractivity contribution < 1.29 is 9.59 Å². The summed E-state index contributed by atoms with van der Waals surface area (Å²) in [6, 6.07) is -0.521. The maximum Gasteiger partial charge on any atom is 0.240 e. The average molecular weight is 186 g/mol. The molecule has 0 aromatic heterocycles. The van der Waals surface area contributed by atoms with E-state index in [0.29, 0.717) is 18.8 Å². The number of amides is 2. The Morgan fingerprint density at radius 1 is 1.38 bits per heavy atom. The SMILES string of the molecule is CCC(=O)NC(CC(C)C)C(N)=O. The molecular formula is C9H18N2O2. The van der Waals surface area contributed by atoms with E-state index < -0.39 is 11.9 Å². The summed E-state index contributed by atoms with van der Waals surface area (Å²) in [6.45, 7) is 5.70. The maximum atomic E-state index is 11.0. The highest BCUT2D eigenvalue weighted by atomic mass is 16.2. The largest absolute Gasteiger partial charge is 0.368 e. The molecule has 0 aromatic rings. The van der Waals surface area contributed by atoms with E-state index in [2.05, 4.69) is 5.32 Å². The van der Waals surface area contributed by atoms with Crippen LogP contribution in [0.5, 0.6) is 0 Å². The lowest BCUT2D eigenvalue weighted by Gasteiger charge is -2.16.